The predicted molar refractivity (Wildman–Crippen MR) is 70.3 cm³/mol. The summed E-state index contributed by atoms with van der Waals surface area (Å²) in [5.74, 6) is 0.320. The minimum atomic E-state index is 0.0408. The van der Waals surface area contributed by atoms with Crippen LogP contribution in [0.3, 0.4) is 0 Å². The smallest absolute Gasteiger partial charge is 0.0332 e. The van der Waals surface area contributed by atoms with Gasteiger partial charge in [-0.25, -0.2) is 0 Å². The first-order chi connectivity index (χ1) is 7.36. The highest BCUT2D eigenvalue weighted by Gasteiger charge is 2.16. The lowest BCUT2D eigenvalue weighted by molar-refractivity contribution is 0.480. The van der Waals surface area contributed by atoms with E-state index in [-0.39, 0.29) is 11.5 Å². The highest BCUT2D eigenvalue weighted by molar-refractivity contribution is 5.29. The quantitative estimate of drug-likeness (QED) is 0.822. The summed E-state index contributed by atoms with van der Waals surface area (Å²) in [4.78, 5) is 0. The molecule has 0 saturated heterocycles. The van der Waals surface area contributed by atoms with E-state index in [1.165, 1.54) is 11.1 Å². The first kappa shape index (κ1) is 13.2. The van der Waals surface area contributed by atoms with Gasteiger partial charge in [0.2, 0.25) is 0 Å². The van der Waals surface area contributed by atoms with Crippen molar-refractivity contribution in [3.8, 4) is 0 Å². The molecule has 0 radical (unpaired) electrons. The third kappa shape index (κ3) is 3.06. The normalized spacial score (nSPS) is 15.9. The topological polar surface area (TPSA) is 52.0 Å². The molecule has 0 spiro atoms. The Balaban J connectivity index is 2.87. The molecular formula is C14H24N2. The summed E-state index contributed by atoms with van der Waals surface area (Å²) >= 11 is 0. The Morgan fingerprint density at radius 3 is 2.00 bits per heavy atom. The molecule has 1 aromatic carbocycles. The van der Waals surface area contributed by atoms with E-state index in [0.29, 0.717) is 12.5 Å². The molecule has 90 valence electrons. The van der Waals surface area contributed by atoms with Crippen molar-refractivity contribution in [1.82, 2.24) is 0 Å². The molecule has 0 bridgehead atoms. The van der Waals surface area contributed by atoms with E-state index in [9.17, 15) is 0 Å². The summed E-state index contributed by atoms with van der Waals surface area (Å²) < 4.78 is 0. The molecule has 0 amide bonds. The van der Waals surface area contributed by atoms with E-state index < -0.39 is 0 Å². The van der Waals surface area contributed by atoms with Crippen LogP contribution in [0.2, 0.25) is 0 Å². The second kappa shape index (κ2) is 4.98. The Morgan fingerprint density at radius 2 is 1.62 bits per heavy atom. The van der Waals surface area contributed by atoms with Crippen molar-refractivity contribution >= 4 is 0 Å². The molecule has 0 fully saturated rings. The fourth-order valence-corrected chi connectivity index (χ4v) is 1.68. The van der Waals surface area contributed by atoms with Gasteiger partial charge in [-0.3, -0.25) is 0 Å². The fourth-order valence-electron chi connectivity index (χ4n) is 1.68. The molecule has 0 aliphatic carbocycles. The van der Waals surface area contributed by atoms with Crippen LogP contribution >= 0.6 is 0 Å². The molecule has 2 heteroatoms. The van der Waals surface area contributed by atoms with Crippen LogP contribution in [0, 0.1) is 5.92 Å². The lowest BCUT2D eigenvalue weighted by atomic mass is 9.85. The number of hydrogen-bond donors (Lipinski definition) is 2. The first-order valence-corrected chi connectivity index (χ1v) is 5.92. The third-order valence-electron chi connectivity index (χ3n) is 3.15. The molecule has 2 nitrogen and oxygen atoms in total. The van der Waals surface area contributed by atoms with Crippen LogP contribution in [-0.4, -0.2) is 6.54 Å². The van der Waals surface area contributed by atoms with Gasteiger partial charge in [-0.2, -0.15) is 0 Å². The molecule has 1 aromatic rings. The van der Waals surface area contributed by atoms with Crippen LogP contribution in [0.1, 0.15) is 44.9 Å². The second-order valence-electron chi connectivity index (χ2n) is 5.61. The number of rotatable bonds is 3. The SMILES string of the molecule is CC(CN)C(N)c1ccc(C(C)(C)C)cc1. The highest BCUT2D eigenvalue weighted by Crippen LogP contribution is 2.25. The number of benzene rings is 1. The molecule has 0 heterocycles. The highest BCUT2D eigenvalue weighted by atomic mass is 14.7. The molecular weight excluding hydrogens is 196 g/mol. The molecule has 16 heavy (non-hydrogen) atoms. The van der Waals surface area contributed by atoms with Crippen LogP contribution in [0.4, 0.5) is 0 Å². The van der Waals surface area contributed by atoms with E-state index in [0.717, 1.165) is 0 Å². The van der Waals surface area contributed by atoms with Gasteiger partial charge in [0.1, 0.15) is 0 Å². The summed E-state index contributed by atoms with van der Waals surface area (Å²) in [6.07, 6.45) is 0. The molecule has 2 unspecified atom stereocenters. The maximum atomic E-state index is 6.13. The molecule has 0 aliphatic rings. The molecule has 4 N–H and O–H groups in total. The summed E-state index contributed by atoms with van der Waals surface area (Å²) in [7, 11) is 0. The van der Waals surface area contributed by atoms with E-state index in [4.69, 9.17) is 11.5 Å². The average Bonchev–Trinajstić information content (AvgIpc) is 2.26. The van der Waals surface area contributed by atoms with Gasteiger partial charge in [-0.05, 0) is 29.0 Å². The van der Waals surface area contributed by atoms with Crippen LogP contribution in [0.25, 0.3) is 0 Å². The van der Waals surface area contributed by atoms with Gasteiger partial charge in [0, 0.05) is 6.04 Å². The van der Waals surface area contributed by atoms with Gasteiger partial charge < -0.3 is 11.5 Å². The van der Waals surface area contributed by atoms with Crippen LogP contribution in [-0.2, 0) is 5.41 Å². The van der Waals surface area contributed by atoms with Crippen molar-refractivity contribution < 1.29 is 0 Å². The van der Waals surface area contributed by atoms with E-state index in [1.807, 2.05) is 0 Å². The standard InChI is InChI=1S/C14H24N2/c1-10(9-15)13(16)11-5-7-12(8-6-11)14(2,3)4/h5-8,10,13H,9,15-16H2,1-4H3. The molecule has 0 aliphatic heterocycles. The molecule has 1 rings (SSSR count). The van der Waals surface area contributed by atoms with Crippen molar-refractivity contribution in [3.63, 3.8) is 0 Å². The van der Waals surface area contributed by atoms with Crippen molar-refractivity contribution in [2.75, 3.05) is 6.54 Å². The maximum absolute atomic E-state index is 6.13. The van der Waals surface area contributed by atoms with Crippen molar-refractivity contribution in [2.45, 2.75) is 39.2 Å². The molecule has 2 atom stereocenters. The van der Waals surface area contributed by atoms with Gasteiger partial charge in [0.05, 0.1) is 0 Å². The third-order valence-corrected chi connectivity index (χ3v) is 3.15. The lowest BCUT2D eigenvalue weighted by Crippen LogP contribution is -2.25. The Kier molecular flexibility index (Phi) is 4.11. The van der Waals surface area contributed by atoms with E-state index >= 15 is 0 Å². The van der Waals surface area contributed by atoms with Crippen LogP contribution < -0.4 is 11.5 Å². The zero-order chi connectivity index (χ0) is 12.3. The summed E-state index contributed by atoms with van der Waals surface area (Å²) in [6, 6.07) is 8.62. The van der Waals surface area contributed by atoms with Gasteiger partial charge in [0.25, 0.3) is 0 Å². The largest absolute Gasteiger partial charge is 0.330 e. The Morgan fingerprint density at radius 1 is 1.12 bits per heavy atom. The number of nitrogens with two attached hydrogens (primary N) is 2. The van der Waals surface area contributed by atoms with Crippen molar-refractivity contribution in [2.24, 2.45) is 17.4 Å². The maximum Gasteiger partial charge on any atom is 0.0332 e. The summed E-state index contributed by atoms with van der Waals surface area (Å²) in [6.45, 7) is 9.35. The lowest BCUT2D eigenvalue weighted by Gasteiger charge is -2.22. The van der Waals surface area contributed by atoms with Gasteiger partial charge in [-0.15, -0.1) is 0 Å². The Labute approximate surface area is 99.0 Å². The zero-order valence-corrected chi connectivity index (χ0v) is 10.8. The van der Waals surface area contributed by atoms with E-state index in [1.54, 1.807) is 0 Å². The van der Waals surface area contributed by atoms with Gasteiger partial charge in [-0.1, -0.05) is 52.0 Å². The predicted octanol–water partition coefficient (Wildman–Crippen LogP) is 2.58. The van der Waals surface area contributed by atoms with E-state index in [2.05, 4.69) is 52.0 Å². The Hall–Kier alpha value is -0.860. The van der Waals surface area contributed by atoms with Crippen LogP contribution in [0.5, 0.6) is 0 Å². The second-order valence-corrected chi connectivity index (χ2v) is 5.61. The minimum absolute atomic E-state index is 0.0408. The van der Waals surface area contributed by atoms with Crippen LogP contribution in [0.15, 0.2) is 24.3 Å². The summed E-state index contributed by atoms with van der Waals surface area (Å²) in [5, 5.41) is 0. The zero-order valence-electron chi connectivity index (χ0n) is 10.8. The van der Waals surface area contributed by atoms with Gasteiger partial charge in [0.15, 0.2) is 0 Å². The average molecular weight is 220 g/mol. The minimum Gasteiger partial charge on any atom is -0.330 e. The fraction of sp³-hybridized carbons (Fsp3) is 0.571. The Bertz CT molecular complexity index is 322. The van der Waals surface area contributed by atoms with Crippen molar-refractivity contribution in [3.05, 3.63) is 35.4 Å². The first-order valence-electron chi connectivity index (χ1n) is 5.92. The van der Waals surface area contributed by atoms with Gasteiger partial charge >= 0.3 is 0 Å². The monoisotopic (exact) mass is 220 g/mol. The van der Waals surface area contributed by atoms with Crippen molar-refractivity contribution in [1.29, 1.82) is 0 Å². The summed E-state index contributed by atoms with van der Waals surface area (Å²) in [5.41, 5.74) is 14.5. The molecule has 0 aromatic heterocycles. The molecule has 0 saturated carbocycles. The number of hydrogen-bond acceptors (Lipinski definition) is 2.